The zero-order chi connectivity index (χ0) is 37.0. The molecule has 6 rings (SSSR count). The summed E-state index contributed by atoms with van der Waals surface area (Å²) in [5.74, 6) is 2.24. The van der Waals surface area contributed by atoms with Gasteiger partial charge in [0.2, 0.25) is 5.91 Å². The largest absolute Gasteiger partial charge is 0.497 e. The number of hydrogen-bond acceptors (Lipinski definition) is 7. The van der Waals surface area contributed by atoms with E-state index in [4.69, 9.17) is 24.4 Å². The molecule has 0 aliphatic heterocycles. The maximum atomic E-state index is 14.1. The summed E-state index contributed by atoms with van der Waals surface area (Å²) in [5, 5.41) is 17.7. The normalized spacial score (nSPS) is 12.5. The average Bonchev–Trinajstić information content (AvgIpc) is 3.82. The number of alkyl carbamates (subject to hydrolysis) is 1. The molecule has 3 aromatic carbocycles. The molecule has 0 saturated carbocycles. The Bertz CT molecular complexity index is 2170. The molecule has 52 heavy (non-hydrogen) atoms. The van der Waals surface area contributed by atoms with Crippen molar-refractivity contribution in [2.24, 2.45) is 0 Å². The van der Waals surface area contributed by atoms with Gasteiger partial charge in [0.1, 0.15) is 28.5 Å². The summed E-state index contributed by atoms with van der Waals surface area (Å²) >= 11 is 0. The summed E-state index contributed by atoms with van der Waals surface area (Å²) in [5.41, 5.74) is 3.10. The van der Waals surface area contributed by atoms with E-state index in [-0.39, 0.29) is 0 Å². The van der Waals surface area contributed by atoms with Gasteiger partial charge in [0.25, 0.3) is 0 Å². The topological polar surface area (TPSA) is 148 Å². The molecule has 0 spiro atoms. The van der Waals surface area contributed by atoms with Crippen LogP contribution in [0, 0.1) is 0 Å². The molecule has 0 aliphatic carbocycles. The molecule has 4 N–H and O–H groups in total. The number of methoxy groups -OCH3 is 2. The van der Waals surface area contributed by atoms with Crippen molar-refractivity contribution >= 4 is 33.8 Å². The third-order valence-corrected chi connectivity index (χ3v) is 9.00. The molecule has 6 aromatic rings. The third kappa shape index (κ3) is 8.22. The molecule has 12 heteroatoms. The fourth-order valence-electron chi connectivity index (χ4n) is 6.37. The Balaban J connectivity index is 1.40. The number of amides is 2. The lowest BCUT2D eigenvalue weighted by atomic mass is 10.0. The van der Waals surface area contributed by atoms with Crippen LogP contribution in [0.4, 0.5) is 4.79 Å². The number of fused-ring (bicyclic) bond motifs is 2. The van der Waals surface area contributed by atoms with Crippen molar-refractivity contribution in [3.05, 3.63) is 107 Å². The molecule has 2 amide bonds. The van der Waals surface area contributed by atoms with E-state index in [0.717, 1.165) is 45.2 Å². The lowest BCUT2D eigenvalue weighted by Gasteiger charge is -2.30. The van der Waals surface area contributed by atoms with Gasteiger partial charge in [-0.15, -0.1) is 10.2 Å². The zero-order valence-corrected chi connectivity index (χ0v) is 30.8. The second kappa shape index (κ2) is 14.8. The van der Waals surface area contributed by atoms with E-state index in [1.807, 2.05) is 67.0 Å². The SMILES string of the molecule is COc1cc(Cn2c(CCc3c[nH]c4ccccc34)nnc2[C@@H](Cc2c[nH]c3ccccc23)NC(=O)C(C)(C)NC(=O)OC(C)(C)C)cc(OC)c1. The summed E-state index contributed by atoms with van der Waals surface area (Å²) in [6, 6.07) is 21.4. The van der Waals surface area contributed by atoms with Crippen molar-refractivity contribution in [3.63, 3.8) is 0 Å². The zero-order valence-electron chi connectivity index (χ0n) is 30.8. The maximum Gasteiger partial charge on any atom is 0.408 e. The highest BCUT2D eigenvalue weighted by atomic mass is 16.6. The smallest absolute Gasteiger partial charge is 0.408 e. The summed E-state index contributed by atoms with van der Waals surface area (Å²) in [6.07, 6.45) is 5.03. The quantitative estimate of drug-likeness (QED) is 0.103. The molecule has 0 bridgehead atoms. The number of carbonyl (C=O) groups excluding carboxylic acids is 2. The molecule has 3 heterocycles. The van der Waals surface area contributed by atoms with Gasteiger partial charge in [0.05, 0.1) is 26.8 Å². The third-order valence-electron chi connectivity index (χ3n) is 9.00. The van der Waals surface area contributed by atoms with E-state index in [0.29, 0.717) is 36.7 Å². The van der Waals surface area contributed by atoms with Crippen molar-refractivity contribution in [1.82, 2.24) is 35.4 Å². The number of ether oxygens (including phenoxy) is 3. The minimum atomic E-state index is -1.32. The summed E-state index contributed by atoms with van der Waals surface area (Å²) in [4.78, 5) is 33.6. The van der Waals surface area contributed by atoms with Gasteiger partial charge in [-0.05, 0) is 82.0 Å². The summed E-state index contributed by atoms with van der Waals surface area (Å²) in [6.45, 7) is 9.01. The fraction of sp³-hybridized carbons (Fsp3) is 0.350. The van der Waals surface area contributed by atoms with Gasteiger partial charge in [-0.25, -0.2) is 4.79 Å². The lowest BCUT2D eigenvalue weighted by molar-refractivity contribution is -0.127. The number of aryl methyl sites for hydroxylation is 2. The number of carbonyl (C=O) groups is 2. The number of H-pyrrole nitrogens is 2. The van der Waals surface area contributed by atoms with Crippen molar-refractivity contribution in [2.75, 3.05) is 14.2 Å². The number of aromatic nitrogens is 5. The van der Waals surface area contributed by atoms with E-state index in [9.17, 15) is 9.59 Å². The second-order valence-electron chi connectivity index (χ2n) is 14.5. The Kier molecular flexibility index (Phi) is 10.3. The number of para-hydroxylation sites is 2. The molecule has 0 unspecified atom stereocenters. The maximum absolute atomic E-state index is 14.1. The van der Waals surface area contributed by atoms with Gasteiger partial charge in [-0.1, -0.05) is 36.4 Å². The number of nitrogens with one attached hydrogen (secondary N) is 4. The first-order valence-electron chi connectivity index (χ1n) is 17.4. The minimum absolute atomic E-state index is 0.388. The van der Waals surface area contributed by atoms with Crippen molar-refractivity contribution in [1.29, 1.82) is 0 Å². The number of aromatic amines is 2. The Hall–Kier alpha value is -5.78. The van der Waals surface area contributed by atoms with Crippen LogP contribution in [0.5, 0.6) is 11.5 Å². The summed E-state index contributed by atoms with van der Waals surface area (Å²) < 4.78 is 18.7. The van der Waals surface area contributed by atoms with E-state index >= 15 is 0 Å². The molecule has 0 saturated heterocycles. The van der Waals surface area contributed by atoms with Gasteiger partial charge in [-0.3, -0.25) is 4.79 Å². The van der Waals surface area contributed by atoms with Crippen LogP contribution in [0.3, 0.4) is 0 Å². The van der Waals surface area contributed by atoms with Crippen molar-refractivity contribution in [2.45, 2.75) is 77.6 Å². The van der Waals surface area contributed by atoms with Crippen molar-refractivity contribution in [3.8, 4) is 11.5 Å². The first-order valence-corrected chi connectivity index (χ1v) is 17.4. The molecule has 0 aliphatic rings. The molecule has 3 aromatic heterocycles. The minimum Gasteiger partial charge on any atom is -0.497 e. The van der Waals surface area contributed by atoms with E-state index in [1.54, 1.807) is 48.8 Å². The Morgan fingerprint density at radius 1 is 0.808 bits per heavy atom. The molecule has 272 valence electrons. The van der Waals surface area contributed by atoms with Crippen LogP contribution in [0.15, 0.2) is 79.1 Å². The second-order valence-corrected chi connectivity index (χ2v) is 14.5. The van der Waals surface area contributed by atoms with Gasteiger partial charge in [0.15, 0.2) is 5.82 Å². The highest BCUT2D eigenvalue weighted by molar-refractivity contribution is 5.89. The van der Waals surface area contributed by atoms with Crippen LogP contribution < -0.4 is 20.1 Å². The first-order chi connectivity index (χ1) is 24.8. The van der Waals surface area contributed by atoms with Crippen molar-refractivity contribution < 1.29 is 23.8 Å². The Morgan fingerprint density at radius 3 is 2.02 bits per heavy atom. The Labute approximate surface area is 303 Å². The molecular formula is C40H47N7O5. The predicted octanol–water partition coefficient (Wildman–Crippen LogP) is 6.79. The lowest BCUT2D eigenvalue weighted by Crippen LogP contribution is -2.56. The number of hydrogen-bond donors (Lipinski definition) is 4. The number of nitrogens with zero attached hydrogens (tertiary/aromatic N) is 3. The van der Waals surface area contributed by atoms with Gasteiger partial charge in [0, 0.05) is 53.1 Å². The standard InChI is InChI=1S/C40H47N7O5/c1-39(2,3)52-38(49)44-40(4,5)37(48)43-34(20-27-23-42-33-15-11-9-13-31(27)33)36-46-45-35(17-16-26-22-41-32-14-10-8-12-30(26)32)47(36)24-25-18-28(50-6)21-29(19-25)51-7/h8-15,18-19,21-23,34,41-42H,16-17,20,24H2,1-7H3,(H,43,48)(H,44,49)/t34-/m1/s1. The van der Waals surface area contributed by atoms with Gasteiger partial charge in [-0.2, -0.15) is 0 Å². The fourth-order valence-corrected chi connectivity index (χ4v) is 6.37. The molecule has 12 nitrogen and oxygen atoms in total. The first kappa shape index (κ1) is 36.0. The molecule has 0 radical (unpaired) electrons. The number of rotatable bonds is 13. The van der Waals surface area contributed by atoms with Crippen LogP contribution >= 0.6 is 0 Å². The van der Waals surface area contributed by atoms with Gasteiger partial charge >= 0.3 is 6.09 Å². The van der Waals surface area contributed by atoms with Gasteiger partial charge < -0.3 is 39.4 Å². The average molecular weight is 706 g/mol. The summed E-state index contributed by atoms with van der Waals surface area (Å²) in [7, 11) is 3.24. The highest BCUT2D eigenvalue weighted by Crippen LogP contribution is 2.29. The van der Waals surface area contributed by atoms with E-state index < -0.39 is 29.2 Å². The van der Waals surface area contributed by atoms with Crippen LogP contribution in [0.25, 0.3) is 21.8 Å². The Morgan fingerprint density at radius 2 is 1.40 bits per heavy atom. The van der Waals surface area contributed by atoms with E-state index in [1.165, 1.54) is 5.56 Å². The highest BCUT2D eigenvalue weighted by Gasteiger charge is 2.35. The molecule has 1 atom stereocenters. The van der Waals surface area contributed by atoms with Crippen LogP contribution in [0.2, 0.25) is 0 Å². The molecule has 0 fully saturated rings. The predicted molar refractivity (Wildman–Crippen MR) is 201 cm³/mol. The number of benzene rings is 3. The van der Waals surface area contributed by atoms with Crippen LogP contribution in [-0.4, -0.2) is 62.1 Å². The van der Waals surface area contributed by atoms with Crippen LogP contribution in [-0.2, 0) is 35.3 Å². The monoisotopic (exact) mass is 705 g/mol. The van der Waals surface area contributed by atoms with Crippen LogP contribution in [0.1, 0.15) is 69.0 Å². The molecular weight excluding hydrogens is 658 g/mol. The van der Waals surface area contributed by atoms with E-state index in [2.05, 4.69) is 37.3 Å².